The summed E-state index contributed by atoms with van der Waals surface area (Å²) in [6.07, 6.45) is 5.47. The van der Waals surface area contributed by atoms with E-state index in [1.54, 1.807) is 0 Å². The third kappa shape index (κ3) is 4.38. The van der Waals surface area contributed by atoms with Gasteiger partial charge in [-0.2, -0.15) is 11.8 Å². The van der Waals surface area contributed by atoms with Crippen molar-refractivity contribution in [3.8, 4) is 0 Å². The van der Waals surface area contributed by atoms with E-state index >= 15 is 0 Å². The Morgan fingerprint density at radius 3 is 2.85 bits per heavy atom. The summed E-state index contributed by atoms with van der Waals surface area (Å²) in [6, 6.07) is 0.709. The first-order valence-electron chi connectivity index (χ1n) is 8.60. The summed E-state index contributed by atoms with van der Waals surface area (Å²) in [4.78, 5) is 2.73. The number of thioether (sulfide) groups is 1. The van der Waals surface area contributed by atoms with Crippen LogP contribution in [0, 0.1) is 11.3 Å². The monoisotopic (exact) mass is 298 g/mol. The smallest absolute Gasteiger partial charge is 0.0159 e. The van der Waals surface area contributed by atoms with Crippen molar-refractivity contribution in [2.24, 2.45) is 11.3 Å². The number of hydrogen-bond acceptors (Lipinski definition) is 3. The summed E-state index contributed by atoms with van der Waals surface area (Å²) in [7, 11) is 0. The summed E-state index contributed by atoms with van der Waals surface area (Å²) >= 11 is 2.14. The highest BCUT2D eigenvalue weighted by Gasteiger charge is 2.39. The predicted octanol–water partition coefficient (Wildman–Crippen LogP) is 3.62. The zero-order valence-corrected chi connectivity index (χ0v) is 14.8. The molecule has 0 spiro atoms. The average molecular weight is 299 g/mol. The SMILES string of the molecule is CCCNC1C(CN2CCSC(C)C2)CCCC1(C)C. The fraction of sp³-hybridized carbons (Fsp3) is 1.00. The van der Waals surface area contributed by atoms with E-state index in [4.69, 9.17) is 0 Å². The molecule has 1 N–H and O–H groups in total. The summed E-state index contributed by atoms with van der Waals surface area (Å²) in [5, 5.41) is 4.70. The minimum atomic E-state index is 0.467. The van der Waals surface area contributed by atoms with E-state index in [0.717, 1.165) is 11.2 Å². The second-order valence-electron chi connectivity index (χ2n) is 7.51. The van der Waals surface area contributed by atoms with Gasteiger partial charge in [-0.05, 0) is 37.1 Å². The summed E-state index contributed by atoms with van der Waals surface area (Å²) < 4.78 is 0. The Balaban J connectivity index is 1.95. The first-order valence-corrected chi connectivity index (χ1v) is 9.65. The third-order valence-electron chi connectivity index (χ3n) is 5.14. The van der Waals surface area contributed by atoms with Crippen LogP contribution in [0.5, 0.6) is 0 Å². The number of nitrogens with zero attached hydrogens (tertiary/aromatic N) is 1. The van der Waals surface area contributed by atoms with E-state index in [1.165, 1.54) is 57.6 Å². The van der Waals surface area contributed by atoms with Crippen molar-refractivity contribution in [2.75, 3.05) is 31.9 Å². The molecule has 20 heavy (non-hydrogen) atoms. The second kappa shape index (κ2) is 7.51. The van der Waals surface area contributed by atoms with Gasteiger partial charge in [-0.25, -0.2) is 0 Å². The summed E-state index contributed by atoms with van der Waals surface area (Å²) in [5.41, 5.74) is 0.467. The Bertz CT molecular complexity index is 293. The van der Waals surface area contributed by atoms with Crippen LogP contribution in [0.2, 0.25) is 0 Å². The van der Waals surface area contributed by atoms with Gasteiger partial charge in [0.25, 0.3) is 0 Å². The van der Waals surface area contributed by atoms with Crippen molar-refractivity contribution in [3.05, 3.63) is 0 Å². The van der Waals surface area contributed by atoms with Crippen LogP contribution in [-0.4, -0.2) is 48.1 Å². The Morgan fingerprint density at radius 1 is 1.35 bits per heavy atom. The van der Waals surface area contributed by atoms with E-state index < -0.39 is 0 Å². The minimum absolute atomic E-state index is 0.467. The van der Waals surface area contributed by atoms with Crippen molar-refractivity contribution in [1.29, 1.82) is 0 Å². The van der Waals surface area contributed by atoms with E-state index in [9.17, 15) is 0 Å². The number of rotatable bonds is 5. The van der Waals surface area contributed by atoms with Crippen LogP contribution in [-0.2, 0) is 0 Å². The van der Waals surface area contributed by atoms with Crippen LogP contribution in [0.4, 0.5) is 0 Å². The molecule has 0 aromatic rings. The Morgan fingerprint density at radius 2 is 2.15 bits per heavy atom. The first-order chi connectivity index (χ1) is 9.53. The van der Waals surface area contributed by atoms with E-state index in [2.05, 4.69) is 49.7 Å². The molecule has 0 aromatic carbocycles. The Kier molecular flexibility index (Phi) is 6.25. The molecule has 3 unspecified atom stereocenters. The van der Waals surface area contributed by atoms with Gasteiger partial charge in [-0.3, -0.25) is 0 Å². The highest BCUT2D eigenvalue weighted by atomic mass is 32.2. The fourth-order valence-corrected chi connectivity index (χ4v) is 5.19. The largest absolute Gasteiger partial charge is 0.313 e. The minimum Gasteiger partial charge on any atom is -0.313 e. The van der Waals surface area contributed by atoms with Crippen LogP contribution in [0.1, 0.15) is 53.4 Å². The van der Waals surface area contributed by atoms with Gasteiger partial charge in [0.15, 0.2) is 0 Å². The molecule has 0 bridgehead atoms. The molecule has 1 aliphatic heterocycles. The molecule has 1 aliphatic carbocycles. The lowest BCUT2D eigenvalue weighted by Crippen LogP contribution is -2.54. The van der Waals surface area contributed by atoms with Gasteiger partial charge in [-0.15, -0.1) is 0 Å². The van der Waals surface area contributed by atoms with Crippen molar-refractivity contribution < 1.29 is 0 Å². The normalized spacial score (nSPS) is 35.1. The Hall–Kier alpha value is 0.270. The third-order valence-corrected chi connectivity index (χ3v) is 6.28. The second-order valence-corrected chi connectivity index (χ2v) is 9.06. The van der Waals surface area contributed by atoms with Gasteiger partial charge in [0, 0.05) is 36.7 Å². The summed E-state index contributed by atoms with van der Waals surface area (Å²) in [6.45, 7) is 14.7. The van der Waals surface area contributed by atoms with Crippen LogP contribution >= 0.6 is 11.8 Å². The maximum absolute atomic E-state index is 3.88. The molecule has 2 rings (SSSR count). The van der Waals surface area contributed by atoms with Gasteiger partial charge in [0.1, 0.15) is 0 Å². The highest BCUT2D eigenvalue weighted by molar-refractivity contribution is 7.99. The molecule has 118 valence electrons. The molecule has 0 radical (unpaired) electrons. The molecule has 0 amide bonds. The lowest BCUT2D eigenvalue weighted by molar-refractivity contribution is 0.0799. The summed E-state index contributed by atoms with van der Waals surface area (Å²) in [5.74, 6) is 2.17. The van der Waals surface area contributed by atoms with Crippen molar-refractivity contribution in [3.63, 3.8) is 0 Å². The fourth-order valence-electron chi connectivity index (χ4n) is 4.11. The van der Waals surface area contributed by atoms with E-state index in [1.807, 2.05) is 0 Å². The number of nitrogens with one attached hydrogen (secondary N) is 1. The first kappa shape index (κ1) is 16.6. The van der Waals surface area contributed by atoms with Gasteiger partial charge in [0.05, 0.1) is 0 Å². The molecule has 3 heteroatoms. The quantitative estimate of drug-likeness (QED) is 0.834. The van der Waals surface area contributed by atoms with Crippen LogP contribution in [0.25, 0.3) is 0 Å². The number of hydrogen-bond donors (Lipinski definition) is 1. The van der Waals surface area contributed by atoms with Crippen molar-refractivity contribution in [2.45, 2.75) is 64.7 Å². The molecule has 2 nitrogen and oxygen atoms in total. The Labute approximate surface area is 130 Å². The molecule has 1 saturated carbocycles. The molecule has 2 aliphatic rings. The lowest BCUT2D eigenvalue weighted by Gasteiger charge is -2.47. The molecular formula is C17H34N2S. The molecule has 3 atom stereocenters. The maximum Gasteiger partial charge on any atom is 0.0159 e. The predicted molar refractivity (Wildman–Crippen MR) is 91.6 cm³/mol. The zero-order valence-electron chi connectivity index (χ0n) is 14.0. The average Bonchev–Trinajstić information content (AvgIpc) is 2.37. The van der Waals surface area contributed by atoms with Gasteiger partial charge in [-0.1, -0.05) is 34.1 Å². The molecule has 1 heterocycles. The van der Waals surface area contributed by atoms with Crippen molar-refractivity contribution >= 4 is 11.8 Å². The van der Waals surface area contributed by atoms with E-state index in [-0.39, 0.29) is 0 Å². The van der Waals surface area contributed by atoms with Crippen LogP contribution < -0.4 is 5.32 Å². The maximum atomic E-state index is 3.88. The molecular weight excluding hydrogens is 264 g/mol. The molecule has 2 fully saturated rings. The van der Waals surface area contributed by atoms with Crippen molar-refractivity contribution in [1.82, 2.24) is 10.2 Å². The standard InChI is InChI=1S/C17H34N2S/c1-5-9-18-16-15(7-6-8-17(16,3)4)13-19-10-11-20-14(2)12-19/h14-16,18H,5-13H2,1-4H3. The van der Waals surface area contributed by atoms with Crippen LogP contribution in [0.15, 0.2) is 0 Å². The highest BCUT2D eigenvalue weighted by Crippen LogP contribution is 2.39. The van der Waals surface area contributed by atoms with Gasteiger partial charge in [0.2, 0.25) is 0 Å². The van der Waals surface area contributed by atoms with E-state index in [0.29, 0.717) is 11.5 Å². The van der Waals surface area contributed by atoms with Gasteiger partial charge < -0.3 is 10.2 Å². The van der Waals surface area contributed by atoms with Gasteiger partial charge >= 0.3 is 0 Å². The van der Waals surface area contributed by atoms with Crippen LogP contribution in [0.3, 0.4) is 0 Å². The topological polar surface area (TPSA) is 15.3 Å². The molecule has 1 saturated heterocycles. The molecule has 0 aromatic heterocycles. The zero-order chi connectivity index (χ0) is 14.6. The lowest BCUT2D eigenvalue weighted by atomic mass is 9.67.